The number of sulfone groups is 1. The molecule has 0 aliphatic rings. The van der Waals surface area contributed by atoms with Crippen molar-refractivity contribution in [2.75, 3.05) is 11.6 Å². The Kier molecular flexibility index (Phi) is 5.14. The minimum atomic E-state index is -4.61. The molecule has 0 amide bonds. The van der Waals surface area contributed by atoms with E-state index in [1.54, 1.807) is 0 Å². The van der Waals surface area contributed by atoms with Crippen molar-refractivity contribution in [2.24, 2.45) is 0 Å². The summed E-state index contributed by atoms with van der Waals surface area (Å²) in [5, 5.41) is 6.11. The van der Waals surface area contributed by atoms with E-state index in [9.17, 15) is 26.0 Å². The number of halogens is 5. The number of rotatable bonds is 4. The number of aromatic nitrogens is 4. The maximum atomic E-state index is 13.7. The predicted molar refractivity (Wildman–Crippen MR) is 94.6 cm³/mol. The number of nitrogens with zero attached hydrogens (tertiary/aromatic N) is 4. The van der Waals surface area contributed by atoms with E-state index in [1.165, 1.54) is 12.3 Å². The van der Waals surface area contributed by atoms with Gasteiger partial charge < -0.3 is 5.32 Å². The molecule has 2 aromatic heterocycles. The molecule has 0 fully saturated rings. The Balaban J connectivity index is 1.96. The van der Waals surface area contributed by atoms with Crippen molar-refractivity contribution < 1.29 is 26.0 Å². The number of hydrogen-bond acceptors (Lipinski definition) is 6. The van der Waals surface area contributed by atoms with Gasteiger partial charge in [0, 0.05) is 24.3 Å². The number of benzene rings is 1. The highest BCUT2D eigenvalue weighted by molar-refractivity contribution is 9.10. The molecule has 0 saturated heterocycles. The van der Waals surface area contributed by atoms with Gasteiger partial charge in [-0.3, -0.25) is 0 Å². The van der Waals surface area contributed by atoms with E-state index in [-0.39, 0.29) is 21.9 Å². The molecular weight excluding hydrogens is 470 g/mol. The minimum Gasteiger partial charge on any atom is -0.324 e. The van der Waals surface area contributed by atoms with E-state index < -0.39 is 32.4 Å². The summed E-state index contributed by atoms with van der Waals surface area (Å²) in [4.78, 5) is 7.51. The Bertz CT molecular complexity index is 1150. The van der Waals surface area contributed by atoms with Crippen LogP contribution in [0.2, 0.25) is 0 Å². The summed E-state index contributed by atoms with van der Waals surface area (Å²) >= 11 is 3.14. The van der Waals surface area contributed by atoms with E-state index in [1.807, 2.05) is 0 Å². The van der Waals surface area contributed by atoms with Crippen LogP contribution in [-0.4, -0.2) is 34.4 Å². The third-order valence-corrected chi connectivity index (χ3v) is 5.08. The van der Waals surface area contributed by atoms with Crippen molar-refractivity contribution in [3.8, 4) is 5.82 Å². The average molecular weight is 480 g/mol. The van der Waals surface area contributed by atoms with Crippen molar-refractivity contribution in [2.45, 2.75) is 11.1 Å². The SMILES string of the molecule is CS(=O)(=O)c1cc(Nc2ncc(Br)c(-n3ccc(C(F)(F)F)n3)n2)ccc1F. The van der Waals surface area contributed by atoms with E-state index in [0.29, 0.717) is 0 Å². The van der Waals surface area contributed by atoms with Gasteiger partial charge in [-0.2, -0.15) is 23.3 Å². The second kappa shape index (κ2) is 7.13. The Morgan fingerprint density at radius 2 is 1.93 bits per heavy atom. The Morgan fingerprint density at radius 1 is 1.21 bits per heavy atom. The highest BCUT2D eigenvalue weighted by atomic mass is 79.9. The lowest BCUT2D eigenvalue weighted by atomic mass is 10.3. The molecule has 0 aliphatic carbocycles. The van der Waals surface area contributed by atoms with Gasteiger partial charge in [0.05, 0.1) is 4.47 Å². The van der Waals surface area contributed by atoms with Crippen LogP contribution in [0.4, 0.5) is 29.2 Å². The summed E-state index contributed by atoms with van der Waals surface area (Å²) in [6, 6.07) is 4.08. The predicted octanol–water partition coefficient (Wildman–Crippen LogP) is 3.73. The summed E-state index contributed by atoms with van der Waals surface area (Å²) in [6.45, 7) is 0. The molecule has 28 heavy (non-hydrogen) atoms. The summed E-state index contributed by atoms with van der Waals surface area (Å²) in [5.74, 6) is -0.964. The fourth-order valence-corrected chi connectivity index (χ4v) is 3.30. The highest BCUT2D eigenvalue weighted by Gasteiger charge is 2.34. The second-order valence-electron chi connectivity index (χ2n) is 5.55. The highest BCUT2D eigenvalue weighted by Crippen LogP contribution is 2.29. The molecule has 0 aliphatic heterocycles. The van der Waals surface area contributed by atoms with Gasteiger partial charge in [0.1, 0.15) is 10.7 Å². The molecule has 1 N–H and O–H groups in total. The van der Waals surface area contributed by atoms with Crippen molar-refractivity contribution >= 4 is 37.4 Å². The molecule has 13 heteroatoms. The summed E-state index contributed by atoms with van der Waals surface area (Å²) in [7, 11) is -3.80. The van der Waals surface area contributed by atoms with Crippen LogP contribution in [0.25, 0.3) is 5.82 Å². The largest absolute Gasteiger partial charge is 0.435 e. The molecule has 148 valence electrons. The lowest BCUT2D eigenvalue weighted by molar-refractivity contribution is -0.141. The monoisotopic (exact) mass is 479 g/mol. The molecule has 0 unspecified atom stereocenters. The summed E-state index contributed by atoms with van der Waals surface area (Å²) in [6.07, 6.45) is -1.39. The smallest absolute Gasteiger partial charge is 0.324 e. The van der Waals surface area contributed by atoms with Gasteiger partial charge in [0.25, 0.3) is 0 Å². The lowest BCUT2D eigenvalue weighted by Crippen LogP contribution is -2.09. The van der Waals surface area contributed by atoms with E-state index in [2.05, 4.69) is 36.3 Å². The van der Waals surface area contributed by atoms with E-state index in [4.69, 9.17) is 0 Å². The zero-order chi connectivity index (χ0) is 20.7. The first-order valence-electron chi connectivity index (χ1n) is 7.37. The van der Waals surface area contributed by atoms with E-state index >= 15 is 0 Å². The fraction of sp³-hybridized carbons (Fsp3) is 0.133. The maximum Gasteiger partial charge on any atom is 0.435 e. The number of nitrogens with one attached hydrogen (secondary N) is 1. The number of alkyl halides is 3. The molecule has 0 radical (unpaired) electrons. The average Bonchev–Trinajstić information content (AvgIpc) is 3.07. The van der Waals surface area contributed by atoms with Gasteiger partial charge in [-0.15, -0.1) is 0 Å². The maximum absolute atomic E-state index is 13.7. The molecule has 3 aromatic rings. The molecule has 0 spiro atoms. The first-order valence-corrected chi connectivity index (χ1v) is 10.1. The van der Waals surface area contributed by atoms with Gasteiger partial charge >= 0.3 is 6.18 Å². The first kappa shape index (κ1) is 20.2. The molecule has 0 saturated carbocycles. The van der Waals surface area contributed by atoms with Crippen LogP contribution in [0.15, 0.2) is 46.0 Å². The quantitative estimate of drug-likeness (QED) is 0.573. The van der Waals surface area contributed by atoms with Crippen molar-refractivity contribution in [3.63, 3.8) is 0 Å². The number of hydrogen-bond donors (Lipinski definition) is 1. The number of anilines is 2. The minimum absolute atomic E-state index is 0.0125. The van der Waals surface area contributed by atoms with Crippen LogP contribution in [0.3, 0.4) is 0 Å². The summed E-state index contributed by atoms with van der Waals surface area (Å²) in [5.41, 5.74) is -0.921. The van der Waals surface area contributed by atoms with Gasteiger partial charge in [-0.05, 0) is 40.2 Å². The molecule has 0 atom stereocenters. The molecule has 3 rings (SSSR count). The van der Waals surface area contributed by atoms with Crippen LogP contribution >= 0.6 is 15.9 Å². The van der Waals surface area contributed by atoms with Crippen LogP contribution < -0.4 is 5.32 Å². The third kappa shape index (κ3) is 4.30. The van der Waals surface area contributed by atoms with Crippen LogP contribution in [0.1, 0.15) is 5.69 Å². The third-order valence-electron chi connectivity index (χ3n) is 3.41. The lowest BCUT2D eigenvalue weighted by Gasteiger charge is -2.10. The molecule has 2 heterocycles. The van der Waals surface area contributed by atoms with Gasteiger partial charge in [-0.1, -0.05) is 0 Å². The topological polar surface area (TPSA) is 89.8 Å². The molecule has 0 bridgehead atoms. The Labute approximate surface area is 164 Å². The zero-order valence-electron chi connectivity index (χ0n) is 13.9. The van der Waals surface area contributed by atoms with Crippen LogP contribution in [0.5, 0.6) is 0 Å². The van der Waals surface area contributed by atoms with Crippen LogP contribution in [0, 0.1) is 5.82 Å². The molecular formula is C15H10BrF4N5O2S. The fourth-order valence-electron chi connectivity index (χ4n) is 2.17. The molecule has 1 aromatic carbocycles. The Morgan fingerprint density at radius 3 is 2.54 bits per heavy atom. The van der Waals surface area contributed by atoms with E-state index in [0.717, 1.165) is 35.3 Å². The van der Waals surface area contributed by atoms with Crippen molar-refractivity contribution in [1.82, 2.24) is 19.7 Å². The van der Waals surface area contributed by atoms with Gasteiger partial charge in [0.2, 0.25) is 5.95 Å². The zero-order valence-corrected chi connectivity index (χ0v) is 16.3. The molecule has 7 nitrogen and oxygen atoms in total. The Hall–Kier alpha value is -2.54. The van der Waals surface area contributed by atoms with Gasteiger partial charge in [-0.25, -0.2) is 22.5 Å². The standard InChI is InChI=1S/C15H10BrF4N5O2S/c1-28(26,27)11-6-8(2-3-10(11)17)22-14-21-7-9(16)13(23-14)25-5-4-12(24-25)15(18,19)20/h2-7H,1H3,(H,21,22,23). The first-order chi connectivity index (χ1) is 12.9. The summed E-state index contributed by atoms with van der Waals surface area (Å²) < 4.78 is 76.3. The second-order valence-corrected chi connectivity index (χ2v) is 8.39. The van der Waals surface area contributed by atoms with Crippen molar-refractivity contribution in [1.29, 1.82) is 0 Å². The van der Waals surface area contributed by atoms with Crippen molar-refractivity contribution in [3.05, 3.63) is 52.6 Å². The van der Waals surface area contributed by atoms with Gasteiger partial charge in [0.15, 0.2) is 21.3 Å². The van der Waals surface area contributed by atoms with Crippen LogP contribution in [-0.2, 0) is 16.0 Å². The normalized spacial score (nSPS) is 12.2.